The molecule has 2 aromatic heterocycles. The van der Waals surface area contributed by atoms with Crippen molar-refractivity contribution in [3.8, 4) is 0 Å². The number of hydrogen-bond acceptors (Lipinski definition) is 2. The smallest absolute Gasteiger partial charge is 0.287 e. The Bertz CT molecular complexity index is 542. The van der Waals surface area contributed by atoms with Crippen LogP contribution in [0.25, 0.3) is 0 Å². The fourth-order valence-corrected chi connectivity index (χ4v) is 1.65. The molecule has 0 saturated heterocycles. The maximum atomic E-state index is 11.7. The molecule has 0 aliphatic carbocycles. The summed E-state index contributed by atoms with van der Waals surface area (Å²) in [5, 5.41) is 4.00. The summed E-state index contributed by atoms with van der Waals surface area (Å²) < 4.78 is 0.827. The molecule has 0 aliphatic rings. The Morgan fingerprint density at radius 3 is 2.82 bits per heavy atom. The van der Waals surface area contributed by atoms with Crippen LogP contribution in [0.4, 0.5) is 0 Å². The van der Waals surface area contributed by atoms with Gasteiger partial charge in [0.05, 0.1) is 11.4 Å². The van der Waals surface area contributed by atoms with E-state index in [1.165, 1.54) is 0 Å². The number of aromatic amines is 2. The van der Waals surface area contributed by atoms with Gasteiger partial charge in [-0.3, -0.25) is 4.79 Å². The van der Waals surface area contributed by atoms with Gasteiger partial charge in [0.15, 0.2) is 0 Å². The molecule has 6 heteroatoms. The van der Waals surface area contributed by atoms with Crippen LogP contribution in [0.5, 0.6) is 0 Å². The number of nitrogens with one attached hydrogen (secondary N) is 3. The number of amides is 1. The molecule has 0 saturated carbocycles. The van der Waals surface area contributed by atoms with Crippen molar-refractivity contribution in [3.63, 3.8) is 0 Å². The Morgan fingerprint density at radius 1 is 1.41 bits per heavy atom. The van der Waals surface area contributed by atoms with E-state index in [-0.39, 0.29) is 5.91 Å². The average molecular weight is 295 g/mol. The second-order valence-corrected chi connectivity index (χ2v) is 4.37. The summed E-state index contributed by atoms with van der Waals surface area (Å²) in [6.07, 6.45) is 3.49. The molecule has 0 unspecified atom stereocenters. The highest BCUT2D eigenvalue weighted by Crippen LogP contribution is 2.10. The highest BCUT2D eigenvalue weighted by atomic mass is 79.9. The maximum Gasteiger partial charge on any atom is 0.287 e. The zero-order valence-electron chi connectivity index (χ0n) is 9.12. The van der Waals surface area contributed by atoms with Crippen molar-refractivity contribution in [2.75, 3.05) is 0 Å². The fourth-order valence-electron chi connectivity index (χ4n) is 1.31. The number of rotatable bonds is 3. The van der Waals surface area contributed by atoms with Gasteiger partial charge in [0.2, 0.25) is 0 Å². The van der Waals surface area contributed by atoms with E-state index in [1.54, 1.807) is 18.5 Å². The number of hydrogen-bond donors (Lipinski definition) is 3. The van der Waals surface area contributed by atoms with Gasteiger partial charge in [0.25, 0.3) is 5.91 Å². The molecule has 5 nitrogen and oxygen atoms in total. The van der Waals surface area contributed by atoms with Gasteiger partial charge in [0.1, 0.15) is 5.69 Å². The zero-order chi connectivity index (χ0) is 12.3. The third kappa shape index (κ3) is 2.85. The molecule has 2 aromatic rings. The SMILES string of the molecule is C/C(=N\NC(=O)c1cc(Br)c[nH]1)c1ccc[nH]1. The lowest BCUT2D eigenvalue weighted by Gasteiger charge is -1.99. The number of nitrogens with zero attached hydrogens (tertiary/aromatic N) is 1. The minimum absolute atomic E-state index is 0.276. The number of carbonyl (C=O) groups is 1. The lowest BCUT2D eigenvalue weighted by molar-refractivity contribution is 0.0950. The molecule has 2 heterocycles. The van der Waals surface area contributed by atoms with E-state index in [2.05, 4.69) is 36.4 Å². The van der Waals surface area contributed by atoms with Crippen LogP contribution >= 0.6 is 15.9 Å². The Labute approximate surface area is 106 Å². The molecular weight excluding hydrogens is 284 g/mol. The molecule has 0 aliphatic heterocycles. The first kappa shape index (κ1) is 11.7. The monoisotopic (exact) mass is 294 g/mol. The van der Waals surface area contributed by atoms with Crippen LogP contribution in [0.3, 0.4) is 0 Å². The predicted octanol–water partition coefficient (Wildman–Crippen LogP) is 2.26. The normalized spacial score (nSPS) is 11.5. The van der Waals surface area contributed by atoms with Crippen LogP contribution in [0.2, 0.25) is 0 Å². The zero-order valence-corrected chi connectivity index (χ0v) is 10.7. The van der Waals surface area contributed by atoms with E-state index in [0.717, 1.165) is 10.2 Å². The second kappa shape index (κ2) is 5.01. The second-order valence-electron chi connectivity index (χ2n) is 3.45. The van der Waals surface area contributed by atoms with Gasteiger partial charge in [0, 0.05) is 16.9 Å². The van der Waals surface area contributed by atoms with Crippen molar-refractivity contribution in [2.24, 2.45) is 5.10 Å². The van der Waals surface area contributed by atoms with Gasteiger partial charge >= 0.3 is 0 Å². The quantitative estimate of drug-likeness (QED) is 0.590. The number of halogens is 1. The molecule has 0 spiro atoms. The highest BCUT2D eigenvalue weighted by molar-refractivity contribution is 9.10. The van der Waals surface area contributed by atoms with Crippen molar-refractivity contribution in [1.29, 1.82) is 0 Å². The van der Waals surface area contributed by atoms with Gasteiger partial charge < -0.3 is 9.97 Å². The largest absolute Gasteiger partial charge is 0.360 e. The van der Waals surface area contributed by atoms with Crippen molar-refractivity contribution >= 4 is 27.5 Å². The summed E-state index contributed by atoms with van der Waals surface area (Å²) in [6, 6.07) is 5.45. The lowest BCUT2D eigenvalue weighted by atomic mass is 10.3. The van der Waals surface area contributed by atoms with Crippen molar-refractivity contribution in [2.45, 2.75) is 6.92 Å². The predicted molar refractivity (Wildman–Crippen MR) is 69.0 cm³/mol. The van der Waals surface area contributed by atoms with E-state index < -0.39 is 0 Å². The molecule has 3 N–H and O–H groups in total. The van der Waals surface area contributed by atoms with E-state index in [4.69, 9.17) is 0 Å². The maximum absolute atomic E-state index is 11.7. The van der Waals surface area contributed by atoms with Crippen LogP contribution in [-0.4, -0.2) is 21.6 Å². The third-order valence-electron chi connectivity index (χ3n) is 2.21. The van der Waals surface area contributed by atoms with Gasteiger partial charge in [-0.05, 0) is 41.1 Å². The van der Waals surface area contributed by atoms with Gasteiger partial charge in [-0.2, -0.15) is 5.10 Å². The molecule has 0 atom stereocenters. The molecule has 2 rings (SSSR count). The summed E-state index contributed by atoms with van der Waals surface area (Å²) in [5.41, 5.74) is 4.53. The molecule has 0 radical (unpaired) electrons. The first-order valence-corrected chi connectivity index (χ1v) is 5.78. The van der Waals surface area contributed by atoms with Crippen molar-refractivity contribution in [1.82, 2.24) is 15.4 Å². The number of hydrazone groups is 1. The molecule has 0 aromatic carbocycles. The highest BCUT2D eigenvalue weighted by Gasteiger charge is 2.06. The molecule has 0 bridgehead atoms. The minimum atomic E-state index is -0.276. The van der Waals surface area contributed by atoms with Crippen molar-refractivity contribution in [3.05, 3.63) is 46.5 Å². The molecule has 17 heavy (non-hydrogen) atoms. The van der Waals surface area contributed by atoms with E-state index >= 15 is 0 Å². The van der Waals surface area contributed by atoms with Crippen molar-refractivity contribution < 1.29 is 4.79 Å². The van der Waals surface area contributed by atoms with E-state index in [9.17, 15) is 4.79 Å². The Kier molecular flexibility index (Phi) is 3.43. The van der Waals surface area contributed by atoms with Crippen LogP contribution < -0.4 is 5.43 Å². The standard InChI is InChI=1S/C11H11BrN4O/c1-7(9-3-2-4-13-9)15-16-11(17)10-5-8(12)6-14-10/h2-6,13-14H,1H3,(H,16,17)/b15-7+. The van der Waals surface area contributed by atoms with Gasteiger partial charge in [-0.25, -0.2) is 5.43 Å². The molecule has 1 amide bonds. The van der Waals surface area contributed by atoms with Crippen LogP contribution in [-0.2, 0) is 0 Å². The Morgan fingerprint density at radius 2 is 2.24 bits per heavy atom. The minimum Gasteiger partial charge on any atom is -0.360 e. The van der Waals surface area contributed by atoms with E-state index in [1.807, 2.05) is 19.1 Å². The van der Waals surface area contributed by atoms with Gasteiger partial charge in [-0.15, -0.1) is 0 Å². The molecule has 88 valence electrons. The van der Waals surface area contributed by atoms with E-state index in [0.29, 0.717) is 11.4 Å². The van der Waals surface area contributed by atoms with Crippen LogP contribution in [0, 0.1) is 0 Å². The fraction of sp³-hybridized carbons (Fsp3) is 0.0909. The third-order valence-corrected chi connectivity index (χ3v) is 2.66. The van der Waals surface area contributed by atoms with Crippen LogP contribution in [0.15, 0.2) is 40.2 Å². The number of carbonyl (C=O) groups excluding carboxylic acids is 1. The van der Waals surface area contributed by atoms with Crippen LogP contribution in [0.1, 0.15) is 23.1 Å². The number of aromatic nitrogens is 2. The summed E-state index contributed by atoms with van der Waals surface area (Å²) in [4.78, 5) is 17.5. The average Bonchev–Trinajstić information content (AvgIpc) is 2.95. The topological polar surface area (TPSA) is 73.0 Å². The Balaban J connectivity index is 2.03. The lowest BCUT2D eigenvalue weighted by Crippen LogP contribution is -2.19. The summed E-state index contributed by atoms with van der Waals surface area (Å²) >= 11 is 3.26. The first-order valence-electron chi connectivity index (χ1n) is 4.99. The first-order chi connectivity index (χ1) is 8.16. The van der Waals surface area contributed by atoms with Gasteiger partial charge in [-0.1, -0.05) is 0 Å². The Hall–Kier alpha value is -1.82. The molecular formula is C11H11BrN4O. The summed E-state index contributed by atoms with van der Waals surface area (Å²) in [7, 11) is 0. The number of H-pyrrole nitrogens is 2. The molecule has 0 fully saturated rings. The summed E-state index contributed by atoms with van der Waals surface area (Å²) in [5.74, 6) is -0.276. The summed E-state index contributed by atoms with van der Waals surface area (Å²) in [6.45, 7) is 1.82.